The Morgan fingerprint density at radius 2 is 1.81 bits per heavy atom. The van der Waals surface area contributed by atoms with Crippen molar-refractivity contribution in [2.24, 2.45) is 0 Å². The molecule has 2 aromatic heterocycles. The number of ether oxygens (including phenoxy) is 2. The van der Waals surface area contributed by atoms with Gasteiger partial charge in [0.05, 0.1) is 26.3 Å². The number of anilines is 1. The second kappa shape index (κ2) is 8.26. The Morgan fingerprint density at radius 1 is 1.12 bits per heavy atom. The van der Waals surface area contributed by atoms with Crippen LogP contribution in [0.1, 0.15) is 5.56 Å². The molecule has 3 N–H and O–H groups in total. The van der Waals surface area contributed by atoms with Gasteiger partial charge in [-0.1, -0.05) is 6.07 Å². The molecule has 2 heterocycles. The van der Waals surface area contributed by atoms with Crippen molar-refractivity contribution in [3.05, 3.63) is 47.6 Å². The number of rotatable bonds is 6. The van der Waals surface area contributed by atoms with E-state index in [0.29, 0.717) is 34.7 Å². The second-order valence-electron chi connectivity index (χ2n) is 5.10. The normalized spacial score (nSPS) is 10.2. The van der Waals surface area contributed by atoms with Gasteiger partial charge in [0, 0.05) is 17.8 Å². The SMILES string of the molecule is COc1cccc(OC)c1CNC(=N)Nc1nc(-c2ncccn2)cs1. The first-order valence-corrected chi connectivity index (χ1v) is 8.61. The van der Waals surface area contributed by atoms with Gasteiger partial charge in [0.15, 0.2) is 16.9 Å². The molecule has 0 fully saturated rings. The summed E-state index contributed by atoms with van der Waals surface area (Å²) in [6.07, 6.45) is 3.33. The summed E-state index contributed by atoms with van der Waals surface area (Å²) in [6.45, 7) is 0.374. The van der Waals surface area contributed by atoms with E-state index in [0.717, 1.165) is 5.56 Å². The van der Waals surface area contributed by atoms with Crippen molar-refractivity contribution in [2.45, 2.75) is 6.54 Å². The van der Waals surface area contributed by atoms with Crippen LogP contribution < -0.4 is 20.1 Å². The smallest absolute Gasteiger partial charge is 0.195 e. The third-order valence-electron chi connectivity index (χ3n) is 3.50. The number of guanidine groups is 1. The molecule has 26 heavy (non-hydrogen) atoms. The van der Waals surface area contributed by atoms with Gasteiger partial charge in [-0.05, 0) is 18.2 Å². The van der Waals surface area contributed by atoms with Crippen LogP contribution in [0.25, 0.3) is 11.5 Å². The third-order valence-corrected chi connectivity index (χ3v) is 4.26. The molecule has 134 valence electrons. The zero-order valence-electron chi connectivity index (χ0n) is 14.3. The molecule has 0 amide bonds. The lowest BCUT2D eigenvalue weighted by atomic mass is 10.1. The molecular formula is C17H18N6O2S. The average molecular weight is 370 g/mol. The number of methoxy groups -OCH3 is 2. The Kier molecular flexibility index (Phi) is 5.59. The third kappa shape index (κ3) is 4.06. The molecule has 8 nitrogen and oxygen atoms in total. The number of hydrogen-bond acceptors (Lipinski definition) is 7. The number of thiazole rings is 1. The van der Waals surface area contributed by atoms with Crippen LogP contribution in [0.4, 0.5) is 5.13 Å². The van der Waals surface area contributed by atoms with Gasteiger partial charge in [-0.25, -0.2) is 15.0 Å². The molecule has 0 radical (unpaired) electrons. The quantitative estimate of drug-likeness (QED) is 0.452. The summed E-state index contributed by atoms with van der Waals surface area (Å²) >= 11 is 1.38. The maximum atomic E-state index is 8.08. The van der Waals surface area contributed by atoms with E-state index in [9.17, 15) is 0 Å². The molecule has 1 aromatic carbocycles. The van der Waals surface area contributed by atoms with E-state index in [4.69, 9.17) is 14.9 Å². The highest BCUT2D eigenvalue weighted by molar-refractivity contribution is 7.14. The number of hydrogen-bond donors (Lipinski definition) is 3. The maximum Gasteiger partial charge on any atom is 0.195 e. The predicted octanol–water partition coefficient (Wildman–Crippen LogP) is 2.75. The summed E-state index contributed by atoms with van der Waals surface area (Å²) in [5, 5.41) is 16.4. The van der Waals surface area contributed by atoms with Crippen LogP contribution in [0.3, 0.4) is 0 Å². The van der Waals surface area contributed by atoms with Crippen LogP contribution in [0.2, 0.25) is 0 Å². The molecule has 0 aliphatic heterocycles. The minimum atomic E-state index is 0.118. The van der Waals surface area contributed by atoms with Crippen LogP contribution in [-0.4, -0.2) is 35.1 Å². The first-order valence-electron chi connectivity index (χ1n) is 7.73. The van der Waals surface area contributed by atoms with Crippen molar-refractivity contribution in [1.29, 1.82) is 5.41 Å². The van der Waals surface area contributed by atoms with Gasteiger partial charge in [0.25, 0.3) is 0 Å². The molecule has 9 heteroatoms. The molecule has 0 unspecified atom stereocenters. The summed E-state index contributed by atoms with van der Waals surface area (Å²) in [5.74, 6) is 2.06. The fraction of sp³-hybridized carbons (Fsp3) is 0.176. The summed E-state index contributed by atoms with van der Waals surface area (Å²) in [4.78, 5) is 12.7. The molecule has 0 aliphatic carbocycles. The summed E-state index contributed by atoms with van der Waals surface area (Å²) in [5.41, 5.74) is 1.50. The van der Waals surface area contributed by atoms with Gasteiger partial charge < -0.3 is 20.1 Å². The van der Waals surface area contributed by atoms with E-state index in [1.165, 1.54) is 11.3 Å². The Bertz CT molecular complexity index is 862. The van der Waals surface area contributed by atoms with E-state index < -0.39 is 0 Å². The Labute approximate surface area is 154 Å². The molecule has 0 aliphatic rings. The monoisotopic (exact) mass is 370 g/mol. The molecule has 0 saturated heterocycles. The van der Waals surface area contributed by atoms with Crippen LogP contribution in [0.5, 0.6) is 11.5 Å². The second-order valence-corrected chi connectivity index (χ2v) is 5.96. The molecule has 0 spiro atoms. The fourth-order valence-corrected chi connectivity index (χ4v) is 2.99. The maximum absolute atomic E-state index is 8.08. The van der Waals surface area contributed by atoms with E-state index >= 15 is 0 Å². The van der Waals surface area contributed by atoms with Crippen molar-refractivity contribution in [1.82, 2.24) is 20.3 Å². The predicted molar refractivity (Wildman–Crippen MR) is 101 cm³/mol. The van der Waals surface area contributed by atoms with E-state index in [-0.39, 0.29) is 5.96 Å². The van der Waals surface area contributed by atoms with E-state index in [2.05, 4.69) is 25.6 Å². The lowest BCUT2D eigenvalue weighted by Crippen LogP contribution is -2.29. The summed E-state index contributed by atoms with van der Waals surface area (Å²) < 4.78 is 10.7. The van der Waals surface area contributed by atoms with E-state index in [1.807, 2.05) is 23.6 Å². The number of nitrogens with zero attached hydrogens (tertiary/aromatic N) is 3. The van der Waals surface area contributed by atoms with Crippen molar-refractivity contribution >= 4 is 22.4 Å². The Morgan fingerprint density at radius 3 is 2.46 bits per heavy atom. The largest absolute Gasteiger partial charge is 0.496 e. The van der Waals surface area contributed by atoms with Crippen LogP contribution >= 0.6 is 11.3 Å². The van der Waals surface area contributed by atoms with Crippen molar-refractivity contribution in [3.63, 3.8) is 0 Å². The molecular weight excluding hydrogens is 352 g/mol. The first-order chi connectivity index (χ1) is 12.7. The number of nitrogens with one attached hydrogen (secondary N) is 3. The van der Waals surface area contributed by atoms with Crippen LogP contribution in [0, 0.1) is 5.41 Å². The molecule has 3 rings (SSSR count). The van der Waals surface area contributed by atoms with Gasteiger partial charge in [-0.3, -0.25) is 5.41 Å². The number of benzene rings is 1. The minimum Gasteiger partial charge on any atom is -0.496 e. The first kappa shape index (κ1) is 17.6. The lowest BCUT2D eigenvalue weighted by molar-refractivity contribution is 0.384. The van der Waals surface area contributed by atoms with Gasteiger partial charge in [-0.15, -0.1) is 11.3 Å². The summed E-state index contributed by atoms with van der Waals surface area (Å²) in [6, 6.07) is 7.31. The van der Waals surface area contributed by atoms with Gasteiger partial charge in [0.2, 0.25) is 0 Å². The van der Waals surface area contributed by atoms with Crippen molar-refractivity contribution in [2.75, 3.05) is 19.5 Å². The van der Waals surface area contributed by atoms with Gasteiger partial charge >= 0.3 is 0 Å². The average Bonchev–Trinajstić information content (AvgIpc) is 3.15. The van der Waals surface area contributed by atoms with Gasteiger partial charge in [0.1, 0.15) is 17.2 Å². The standard InChI is InChI=1S/C17H18N6O2S/c1-24-13-5-3-6-14(25-2)11(13)9-21-16(18)23-17-22-12(10-26-17)15-19-7-4-8-20-15/h3-8,10H,9H2,1-2H3,(H3,18,21,22,23). The molecule has 0 atom stereocenters. The van der Waals surface area contributed by atoms with Crippen molar-refractivity contribution in [3.8, 4) is 23.0 Å². The highest BCUT2D eigenvalue weighted by Crippen LogP contribution is 2.28. The number of aromatic nitrogens is 3. The molecule has 0 bridgehead atoms. The van der Waals surface area contributed by atoms with E-state index in [1.54, 1.807) is 32.7 Å². The Balaban J connectivity index is 1.63. The zero-order chi connectivity index (χ0) is 18.4. The summed E-state index contributed by atoms with van der Waals surface area (Å²) in [7, 11) is 3.20. The lowest BCUT2D eigenvalue weighted by Gasteiger charge is -2.14. The van der Waals surface area contributed by atoms with Gasteiger partial charge in [-0.2, -0.15) is 0 Å². The molecule has 0 saturated carbocycles. The van der Waals surface area contributed by atoms with Crippen molar-refractivity contribution < 1.29 is 9.47 Å². The highest BCUT2D eigenvalue weighted by atomic mass is 32.1. The van der Waals surface area contributed by atoms with Crippen LogP contribution in [0.15, 0.2) is 42.0 Å². The minimum absolute atomic E-state index is 0.118. The highest BCUT2D eigenvalue weighted by Gasteiger charge is 2.11. The zero-order valence-corrected chi connectivity index (χ0v) is 15.1. The fourth-order valence-electron chi connectivity index (χ4n) is 2.30. The molecule has 3 aromatic rings. The van der Waals surface area contributed by atoms with Crippen LogP contribution in [-0.2, 0) is 6.54 Å². The topological polar surface area (TPSA) is 105 Å². The Hall–Kier alpha value is -3.20.